The van der Waals surface area contributed by atoms with E-state index in [1.807, 2.05) is 0 Å². The molecule has 1 aromatic heterocycles. The Balaban J connectivity index is 1.76. The Morgan fingerprint density at radius 3 is 2.54 bits per heavy atom. The van der Waals surface area contributed by atoms with E-state index in [1.54, 1.807) is 48.5 Å². The Morgan fingerprint density at radius 2 is 1.77 bits per heavy atom. The van der Waals surface area contributed by atoms with Gasteiger partial charge in [0.15, 0.2) is 0 Å². The normalized spacial score (nSPS) is 10.3. The minimum absolute atomic E-state index is 0.0477. The monoisotopic (exact) mass is 351 g/mol. The van der Waals surface area contributed by atoms with Gasteiger partial charge in [0.1, 0.15) is 6.54 Å². The molecule has 132 valence electrons. The number of hydrogen-bond donors (Lipinski definition) is 3. The number of carbonyl (C=O) groups excluding carboxylic acids is 2. The van der Waals surface area contributed by atoms with E-state index in [4.69, 9.17) is 0 Å². The van der Waals surface area contributed by atoms with Gasteiger partial charge in [0.05, 0.1) is 11.7 Å². The second-order valence-electron chi connectivity index (χ2n) is 5.52. The molecule has 8 nitrogen and oxygen atoms in total. The van der Waals surface area contributed by atoms with Crippen molar-refractivity contribution in [1.82, 2.24) is 15.1 Å². The molecule has 26 heavy (non-hydrogen) atoms. The van der Waals surface area contributed by atoms with Crippen molar-refractivity contribution in [3.8, 4) is 0 Å². The van der Waals surface area contributed by atoms with E-state index in [2.05, 4.69) is 21.0 Å². The first-order valence-electron chi connectivity index (χ1n) is 7.90. The van der Waals surface area contributed by atoms with Gasteiger partial charge >= 0.3 is 6.03 Å². The van der Waals surface area contributed by atoms with Gasteiger partial charge in [0.25, 0.3) is 0 Å². The summed E-state index contributed by atoms with van der Waals surface area (Å²) in [6, 6.07) is 13.4. The van der Waals surface area contributed by atoms with Crippen LogP contribution in [-0.4, -0.2) is 28.8 Å². The zero-order valence-electron chi connectivity index (χ0n) is 14.0. The number of anilines is 2. The molecule has 0 unspecified atom stereocenters. The van der Waals surface area contributed by atoms with Gasteiger partial charge in [-0.3, -0.25) is 14.3 Å². The van der Waals surface area contributed by atoms with Gasteiger partial charge in [0.2, 0.25) is 11.3 Å². The van der Waals surface area contributed by atoms with Crippen molar-refractivity contribution in [3.05, 3.63) is 65.0 Å². The molecule has 2 aromatic carbocycles. The number of nitrogens with one attached hydrogen (secondary N) is 3. The molecule has 3 N–H and O–H groups in total. The maximum atomic E-state index is 12.4. The first-order valence-corrected chi connectivity index (χ1v) is 7.90. The van der Waals surface area contributed by atoms with Crippen LogP contribution in [0.5, 0.6) is 0 Å². The fourth-order valence-electron chi connectivity index (χ4n) is 2.49. The lowest BCUT2D eigenvalue weighted by Crippen LogP contribution is -2.24. The number of benzene rings is 2. The molecule has 8 heteroatoms. The maximum absolute atomic E-state index is 12.4. The van der Waals surface area contributed by atoms with Gasteiger partial charge in [0, 0.05) is 23.8 Å². The summed E-state index contributed by atoms with van der Waals surface area (Å²) in [5.74, 6) is -0.302. The van der Waals surface area contributed by atoms with Gasteiger partial charge in [-0.2, -0.15) is 5.10 Å². The SMILES string of the molecule is CNC(=O)Nc1cccc(NC(=O)Cn2ncc(=O)c3ccccc32)c1. The van der Waals surface area contributed by atoms with Crippen LogP contribution in [0.4, 0.5) is 16.2 Å². The van der Waals surface area contributed by atoms with Crippen LogP contribution in [0.1, 0.15) is 0 Å². The third-order valence-corrected chi connectivity index (χ3v) is 3.69. The summed E-state index contributed by atoms with van der Waals surface area (Å²) in [6.07, 6.45) is 1.20. The molecule has 0 saturated heterocycles. The zero-order chi connectivity index (χ0) is 18.5. The Morgan fingerprint density at radius 1 is 1.04 bits per heavy atom. The third kappa shape index (κ3) is 3.86. The molecule has 0 radical (unpaired) electrons. The summed E-state index contributed by atoms with van der Waals surface area (Å²) in [7, 11) is 1.52. The van der Waals surface area contributed by atoms with Crippen LogP contribution in [-0.2, 0) is 11.3 Å². The highest BCUT2D eigenvalue weighted by atomic mass is 16.2. The van der Waals surface area contributed by atoms with E-state index in [0.717, 1.165) is 0 Å². The van der Waals surface area contributed by atoms with Crippen LogP contribution in [0.2, 0.25) is 0 Å². The number of fused-ring (bicyclic) bond motifs is 1. The first-order chi connectivity index (χ1) is 12.6. The van der Waals surface area contributed by atoms with Crippen LogP contribution in [0.3, 0.4) is 0 Å². The molecule has 1 heterocycles. The van der Waals surface area contributed by atoms with E-state index < -0.39 is 0 Å². The van der Waals surface area contributed by atoms with Crippen molar-refractivity contribution in [2.45, 2.75) is 6.54 Å². The average molecular weight is 351 g/mol. The van der Waals surface area contributed by atoms with E-state index in [0.29, 0.717) is 22.3 Å². The highest BCUT2D eigenvalue weighted by molar-refractivity contribution is 5.93. The third-order valence-electron chi connectivity index (χ3n) is 3.69. The fourth-order valence-corrected chi connectivity index (χ4v) is 2.49. The average Bonchev–Trinajstić information content (AvgIpc) is 2.64. The zero-order valence-corrected chi connectivity index (χ0v) is 14.0. The molecule has 0 bridgehead atoms. The summed E-state index contributed by atoms with van der Waals surface area (Å²) in [4.78, 5) is 35.6. The molecule has 0 atom stereocenters. The predicted molar refractivity (Wildman–Crippen MR) is 99.2 cm³/mol. The number of rotatable bonds is 4. The molecule has 3 rings (SSSR count). The van der Waals surface area contributed by atoms with Gasteiger partial charge in [-0.05, 0) is 30.3 Å². The van der Waals surface area contributed by atoms with Crippen LogP contribution >= 0.6 is 0 Å². The molecule has 0 aliphatic heterocycles. The Kier molecular flexibility index (Phi) is 4.93. The number of aromatic nitrogens is 2. The standard InChI is InChI=1S/C18H17N5O3/c1-19-18(26)22-13-6-4-5-12(9-13)21-17(25)11-23-15-8-3-2-7-14(15)16(24)10-20-23/h2-10H,11H2,1H3,(H,21,25)(H2,19,22,26). The van der Waals surface area contributed by atoms with Crippen LogP contribution in [0.15, 0.2) is 59.5 Å². The highest BCUT2D eigenvalue weighted by Gasteiger charge is 2.09. The Bertz CT molecular complexity index is 1030. The first kappa shape index (κ1) is 17.2. The van der Waals surface area contributed by atoms with Crippen molar-refractivity contribution < 1.29 is 9.59 Å². The Hall–Kier alpha value is -3.68. The molecule has 0 aliphatic carbocycles. The maximum Gasteiger partial charge on any atom is 0.318 e. The largest absolute Gasteiger partial charge is 0.341 e. The minimum atomic E-state index is -0.350. The summed E-state index contributed by atoms with van der Waals surface area (Å²) in [6.45, 7) is -0.0477. The summed E-state index contributed by atoms with van der Waals surface area (Å²) >= 11 is 0. The van der Waals surface area contributed by atoms with E-state index in [9.17, 15) is 14.4 Å². The van der Waals surface area contributed by atoms with Crippen LogP contribution < -0.4 is 21.4 Å². The fraction of sp³-hybridized carbons (Fsp3) is 0.111. The second-order valence-corrected chi connectivity index (χ2v) is 5.52. The molecule has 0 saturated carbocycles. The lowest BCUT2D eigenvalue weighted by molar-refractivity contribution is -0.116. The van der Waals surface area contributed by atoms with Gasteiger partial charge in [-0.25, -0.2) is 4.79 Å². The van der Waals surface area contributed by atoms with Gasteiger partial charge in [-0.1, -0.05) is 18.2 Å². The van der Waals surface area contributed by atoms with Crippen molar-refractivity contribution in [3.63, 3.8) is 0 Å². The predicted octanol–water partition coefficient (Wildman–Crippen LogP) is 1.79. The van der Waals surface area contributed by atoms with Crippen molar-refractivity contribution in [1.29, 1.82) is 0 Å². The molecule has 3 amide bonds. The smallest absolute Gasteiger partial charge is 0.318 e. The van der Waals surface area contributed by atoms with Crippen molar-refractivity contribution in [2.24, 2.45) is 0 Å². The molecule has 0 aliphatic rings. The molecule has 0 spiro atoms. The molecular formula is C18H17N5O3. The summed E-state index contributed by atoms with van der Waals surface area (Å²) in [5, 5.41) is 12.4. The topological polar surface area (TPSA) is 105 Å². The Labute approximate surface area is 148 Å². The number of para-hydroxylation sites is 1. The van der Waals surface area contributed by atoms with Crippen LogP contribution in [0.25, 0.3) is 10.9 Å². The second kappa shape index (κ2) is 7.47. The number of carbonyl (C=O) groups is 2. The lowest BCUT2D eigenvalue weighted by Gasteiger charge is -2.11. The van der Waals surface area contributed by atoms with Crippen molar-refractivity contribution >= 4 is 34.2 Å². The summed E-state index contributed by atoms with van der Waals surface area (Å²) in [5.41, 5.74) is 1.48. The van der Waals surface area contributed by atoms with E-state index in [1.165, 1.54) is 17.9 Å². The number of urea groups is 1. The van der Waals surface area contributed by atoms with E-state index in [-0.39, 0.29) is 23.9 Å². The van der Waals surface area contributed by atoms with E-state index >= 15 is 0 Å². The molecular weight excluding hydrogens is 334 g/mol. The highest BCUT2D eigenvalue weighted by Crippen LogP contribution is 2.15. The number of hydrogen-bond acceptors (Lipinski definition) is 4. The molecule has 0 fully saturated rings. The minimum Gasteiger partial charge on any atom is -0.341 e. The summed E-state index contributed by atoms with van der Waals surface area (Å²) < 4.78 is 1.47. The van der Waals surface area contributed by atoms with Gasteiger partial charge < -0.3 is 16.0 Å². The number of nitrogens with zero attached hydrogens (tertiary/aromatic N) is 2. The lowest BCUT2D eigenvalue weighted by atomic mass is 10.2. The van der Waals surface area contributed by atoms with Gasteiger partial charge in [-0.15, -0.1) is 0 Å². The van der Waals surface area contributed by atoms with Crippen LogP contribution in [0, 0.1) is 0 Å². The number of amides is 3. The van der Waals surface area contributed by atoms with Crippen molar-refractivity contribution in [2.75, 3.05) is 17.7 Å². The molecule has 3 aromatic rings. The quantitative estimate of drug-likeness (QED) is 0.666.